The Morgan fingerprint density at radius 1 is 1.21 bits per heavy atom. The van der Waals surface area contributed by atoms with Gasteiger partial charge >= 0.3 is 0 Å². The van der Waals surface area contributed by atoms with Gasteiger partial charge < -0.3 is 14.8 Å². The Hall–Kier alpha value is -2.17. The topological polar surface area (TPSA) is 59.2 Å². The van der Waals surface area contributed by atoms with Crippen LogP contribution in [0.3, 0.4) is 0 Å². The third-order valence-corrected chi connectivity index (χ3v) is 3.07. The Morgan fingerprint density at radius 3 is 2.58 bits per heavy atom. The van der Waals surface area contributed by atoms with Gasteiger partial charge in [0, 0.05) is 12.1 Å². The fourth-order valence-electron chi connectivity index (χ4n) is 2.02. The van der Waals surface area contributed by atoms with Gasteiger partial charge in [0.1, 0.15) is 11.5 Å². The van der Waals surface area contributed by atoms with Crippen LogP contribution >= 0.6 is 0 Å². The van der Waals surface area contributed by atoms with Gasteiger partial charge in [-0.15, -0.1) is 0 Å². The molecule has 1 heterocycles. The molecule has 0 unspecified atom stereocenters. The van der Waals surface area contributed by atoms with Gasteiger partial charge in [0.15, 0.2) is 0 Å². The molecule has 0 saturated heterocycles. The quantitative estimate of drug-likeness (QED) is 0.868. The van der Waals surface area contributed by atoms with Gasteiger partial charge in [0.25, 0.3) is 0 Å². The van der Waals surface area contributed by atoms with Crippen LogP contribution in [0.4, 0.5) is 5.69 Å². The molecule has 2 rings (SSSR count). The summed E-state index contributed by atoms with van der Waals surface area (Å²) >= 11 is 0. The highest BCUT2D eigenvalue weighted by molar-refractivity contribution is 5.53. The number of methoxy groups -OCH3 is 2. The van der Waals surface area contributed by atoms with E-state index in [4.69, 9.17) is 9.47 Å². The van der Waals surface area contributed by atoms with Crippen LogP contribution in [0.2, 0.25) is 0 Å². The van der Waals surface area contributed by atoms with Crippen LogP contribution in [-0.2, 0) is 6.54 Å². The van der Waals surface area contributed by atoms with Gasteiger partial charge in [-0.1, -0.05) is 0 Å². The highest BCUT2D eigenvalue weighted by atomic mass is 16.5. The summed E-state index contributed by atoms with van der Waals surface area (Å²) in [7, 11) is 3.32. The van der Waals surface area contributed by atoms with E-state index in [1.807, 2.05) is 32.0 Å². The van der Waals surface area contributed by atoms with Gasteiger partial charge in [-0.05, 0) is 32.0 Å². The van der Waals surface area contributed by atoms with Crippen molar-refractivity contribution in [1.29, 1.82) is 0 Å². The van der Waals surface area contributed by atoms with Crippen LogP contribution in [-0.4, -0.2) is 24.4 Å². The largest absolute Gasteiger partial charge is 0.497 e. The monoisotopic (exact) mass is 261 g/mol. The van der Waals surface area contributed by atoms with Crippen molar-refractivity contribution in [1.82, 2.24) is 10.2 Å². The zero-order valence-corrected chi connectivity index (χ0v) is 11.7. The first-order chi connectivity index (χ1) is 9.15. The maximum atomic E-state index is 5.36. The normalized spacial score (nSPS) is 10.3. The number of ether oxygens (including phenoxy) is 2. The van der Waals surface area contributed by atoms with Gasteiger partial charge in [-0.2, -0.15) is 5.10 Å². The van der Waals surface area contributed by atoms with Crippen LogP contribution in [0.25, 0.3) is 0 Å². The lowest BCUT2D eigenvalue weighted by Crippen LogP contribution is -2.03. The first kappa shape index (κ1) is 13.3. The maximum absolute atomic E-state index is 5.36. The number of rotatable bonds is 5. The number of benzene rings is 1. The fraction of sp³-hybridized carbons (Fsp3) is 0.357. The Kier molecular flexibility index (Phi) is 3.94. The van der Waals surface area contributed by atoms with Gasteiger partial charge in [-0.25, -0.2) is 0 Å². The summed E-state index contributed by atoms with van der Waals surface area (Å²) < 4.78 is 10.6. The molecule has 0 aliphatic carbocycles. The molecule has 0 saturated carbocycles. The number of H-pyrrole nitrogens is 1. The minimum absolute atomic E-state index is 0.654. The van der Waals surface area contributed by atoms with E-state index >= 15 is 0 Å². The number of aromatic nitrogens is 2. The van der Waals surface area contributed by atoms with Crippen molar-refractivity contribution in [3.63, 3.8) is 0 Å². The second-order valence-electron chi connectivity index (χ2n) is 4.34. The molecule has 2 N–H and O–H groups in total. The highest BCUT2D eigenvalue weighted by Gasteiger charge is 2.08. The summed E-state index contributed by atoms with van der Waals surface area (Å²) in [4.78, 5) is 0. The molecule has 0 bridgehead atoms. The average molecular weight is 261 g/mol. The minimum Gasteiger partial charge on any atom is -0.497 e. The van der Waals surface area contributed by atoms with E-state index in [9.17, 15) is 0 Å². The Balaban J connectivity index is 2.18. The molecule has 1 aromatic heterocycles. The molecule has 19 heavy (non-hydrogen) atoms. The summed E-state index contributed by atoms with van der Waals surface area (Å²) in [5.74, 6) is 1.66. The lowest BCUT2D eigenvalue weighted by molar-refractivity contribution is 0.399. The summed E-state index contributed by atoms with van der Waals surface area (Å²) in [6.45, 7) is 4.61. The van der Waals surface area contributed by atoms with Crippen molar-refractivity contribution < 1.29 is 9.47 Å². The predicted molar refractivity (Wildman–Crippen MR) is 74.9 cm³/mol. The molecule has 1 aromatic carbocycles. The van der Waals surface area contributed by atoms with Crippen molar-refractivity contribution in [2.45, 2.75) is 20.4 Å². The zero-order chi connectivity index (χ0) is 13.8. The SMILES string of the molecule is COc1ccc(OC)c(CNc2c(C)n[nH]c2C)c1. The molecule has 5 heteroatoms. The van der Waals surface area contributed by atoms with E-state index in [1.54, 1.807) is 14.2 Å². The van der Waals surface area contributed by atoms with E-state index in [1.165, 1.54) is 0 Å². The van der Waals surface area contributed by atoms with E-state index in [2.05, 4.69) is 15.5 Å². The molecular weight excluding hydrogens is 242 g/mol. The Morgan fingerprint density at radius 2 is 2.00 bits per heavy atom. The lowest BCUT2D eigenvalue weighted by Gasteiger charge is -2.12. The average Bonchev–Trinajstić information content (AvgIpc) is 2.75. The molecular formula is C14H19N3O2. The molecule has 0 spiro atoms. The van der Waals surface area contributed by atoms with Crippen LogP contribution in [0.15, 0.2) is 18.2 Å². The lowest BCUT2D eigenvalue weighted by atomic mass is 10.1. The number of hydrogen-bond acceptors (Lipinski definition) is 4. The van der Waals surface area contributed by atoms with Gasteiger partial charge in [-0.3, -0.25) is 5.10 Å². The first-order valence-electron chi connectivity index (χ1n) is 6.12. The van der Waals surface area contributed by atoms with Gasteiger partial charge in [0.05, 0.1) is 31.3 Å². The van der Waals surface area contributed by atoms with Crippen molar-refractivity contribution in [3.8, 4) is 11.5 Å². The Labute approximate surface area is 112 Å². The fourth-order valence-corrected chi connectivity index (χ4v) is 2.02. The van der Waals surface area contributed by atoms with E-state index in [0.717, 1.165) is 34.1 Å². The molecule has 2 aromatic rings. The number of aryl methyl sites for hydroxylation is 2. The molecule has 0 aliphatic rings. The van der Waals surface area contributed by atoms with Crippen LogP contribution in [0, 0.1) is 13.8 Å². The highest BCUT2D eigenvalue weighted by Crippen LogP contribution is 2.25. The maximum Gasteiger partial charge on any atom is 0.124 e. The summed E-state index contributed by atoms with van der Waals surface area (Å²) in [6.07, 6.45) is 0. The zero-order valence-electron chi connectivity index (χ0n) is 11.7. The third-order valence-electron chi connectivity index (χ3n) is 3.07. The van der Waals surface area contributed by atoms with Crippen LogP contribution in [0.1, 0.15) is 17.0 Å². The predicted octanol–water partition coefficient (Wildman–Crippen LogP) is 2.66. The molecule has 0 radical (unpaired) electrons. The Bertz CT molecular complexity index is 544. The second-order valence-corrected chi connectivity index (χ2v) is 4.34. The van der Waals surface area contributed by atoms with Crippen molar-refractivity contribution in [2.75, 3.05) is 19.5 Å². The van der Waals surface area contributed by atoms with E-state index in [0.29, 0.717) is 6.54 Å². The molecule has 0 fully saturated rings. The van der Waals surface area contributed by atoms with Gasteiger partial charge in [0.2, 0.25) is 0 Å². The van der Waals surface area contributed by atoms with Crippen molar-refractivity contribution in [3.05, 3.63) is 35.2 Å². The summed E-state index contributed by atoms with van der Waals surface area (Å²) in [5.41, 5.74) is 4.06. The summed E-state index contributed by atoms with van der Waals surface area (Å²) in [5, 5.41) is 10.5. The molecule has 0 atom stereocenters. The minimum atomic E-state index is 0.654. The van der Waals surface area contributed by atoms with E-state index in [-0.39, 0.29) is 0 Å². The van der Waals surface area contributed by atoms with E-state index < -0.39 is 0 Å². The molecule has 102 valence electrons. The standard InChI is InChI=1S/C14H19N3O2/c1-9-14(10(2)17-16-9)15-8-11-7-12(18-3)5-6-13(11)19-4/h5-7,15H,8H2,1-4H3,(H,16,17). The van der Waals surface area contributed by atoms with Crippen LogP contribution in [0.5, 0.6) is 11.5 Å². The number of nitrogens with one attached hydrogen (secondary N) is 2. The molecule has 0 amide bonds. The number of aromatic amines is 1. The first-order valence-corrected chi connectivity index (χ1v) is 6.12. The van der Waals surface area contributed by atoms with Crippen molar-refractivity contribution in [2.24, 2.45) is 0 Å². The molecule has 5 nitrogen and oxygen atoms in total. The van der Waals surface area contributed by atoms with Crippen LogP contribution < -0.4 is 14.8 Å². The van der Waals surface area contributed by atoms with Crippen molar-refractivity contribution >= 4 is 5.69 Å². The number of hydrogen-bond donors (Lipinski definition) is 2. The molecule has 0 aliphatic heterocycles. The number of anilines is 1. The second kappa shape index (κ2) is 5.65. The third kappa shape index (κ3) is 2.81. The summed E-state index contributed by atoms with van der Waals surface area (Å²) in [6, 6.07) is 5.76. The smallest absolute Gasteiger partial charge is 0.124 e. The number of nitrogens with zero attached hydrogens (tertiary/aromatic N) is 1.